The lowest BCUT2D eigenvalue weighted by Gasteiger charge is -2.24. The van der Waals surface area contributed by atoms with Gasteiger partial charge in [0.2, 0.25) is 6.10 Å². The monoisotopic (exact) mass is 493 g/mol. The van der Waals surface area contributed by atoms with Crippen LogP contribution >= 0.6 is 0 Å². The molecule has 14 heteroatoms. The third kappa shape index (κ3) is 4.64. The Hall–Kier alpha value is -4.07. The van der Waals surface area contributed by atoms with E-state index in [1.807, 2.05) is 0 Å². The molecule has 0 amide bonds. The van der Waals surface area contributed by atoms with Gasteiger partial charge in [-0.1, -0.05) is 13.8 Å². The number of fused-ring (bicyclic) bond motifs is 1. The number of rotatable bonds is 7. The molecule has 0 saturated carbocycles. The first-order chi connectivity index (χ1) is 16.6. The molecular weight excluding hydrogens is 473 g/mol. The molecule has 2 aliphatic rings. The summed E-state index contributed by atoms with van der Waals surface area (Å²) < 4.78 is 42.1. The SMILES string of the molecule is CC(C)C(=O)OC[C@@]1(F)O[C@@H](n2ccc(=O)n(COC(=O)c3cccnc3)c2=O)[C@@H]2OC(=O)O[C@@H]21. The highest BCUT2D eigenvalue weighted by Crippen LogP contribution is 2.44. The van der Waals surface area contributed by atoms with Crippen LogP contribution in [0, 0.1) is 5.92 Å². The molecule has 0 unspecified atom stereocenters. The summed E-state index contributed by atoms with van der Waals surface area (Å²) in [5.41, 5.74) is -1.78. The minimum absolute atomic E-state index is 0.0898. The van der Waals surface area contributed by atoms with Crippen LogP contribution in [0.15, 0.2) is 46.4 Å². The average molecular weight is 493 g/mol. The van der Waals surface area contributed by atoms with E-state index in [9.17, 15) is 24.0 Å². The number of halogens is 1. The lowest BCUT2D eigenvalue weighted by atomic mass is 10.1. The summed E-state index contributed by atoms with van der Waals surface area (Å²) in [4.78, 5) is 64.7. The summed E-state index contributed by atoms with van der Waals surface area (Å²) in [6.45, 7) is 1.37. The van der Waals surface area contributed by atoms with E-state index >= 15 is 4.39 Å². The van der Waals surface area contributed by atoms with E-state index in [0.717, 1.165) is 16.8 Å². The van der Waals surface area contributed by atoms with E-state index in [-0.39, 0.29) is 5.56 Å². The van der Waals surface area contributed by atoms with E-state index in [0.29, 0.717) is 4.57 Å². The molecule has 0 radical (unpaired) electrons. The zero-order chi connectivity index (χ0) is 25.3. The van der Waals surface area contributed by atoms with Crippen LogP contribution in [0.5, 0.6) is 0 Å². The largest absolute Gasteiger partial charge is 0.509 e. The Balaban J connectivity index is 1.59. The summed E-state index contributed by atoms with van der Waals surface area (Å²) >= 11 is 0. The lowest BCUT2D eigenvalue weighted by Crippen LogP contribution is -2.43. The molecule has 35 heavy (non-hydrogen) atoms. The van der Waals surface area contributed by atoms with E-state index in [1.165, 1.54) is 38.4 Å². The van der Waals surface area contributed by atoms with Crippen LogP contribution < -0.4 is 11.2 Å². The highest BCUT2D eigenvalue weighted by molar-refractivity contribution is 5.88. The maximum atomic E-state index is 15.6. The van der Waals surface area contributed by atoms with Crippen molar-refractivity contribution in [2.24, 2.45) is 5.92 Å². The van der Waals surface area contributed by atoms with Gasteiger partial charge >= 0.3 is 23.8 Å². The van der Waals surface area contributed by atoms with E-state index in [2.05, 4.69) is 4.98 Å². The third-order valence-corrected chi connectivity index (χ3v) is 5.25. The molecule has 4 atom stereocenters. The summed E-state index contributed by atoms with van der Waals surface area (Å²) in [5.74, 6) is -4.96. The minimum Gasteiger partial charge on any atom is -0.459 e. The zero-order valence-electron chi connectivity index (χ0n) is 18.5. The van der Waals surface area contributed by atoms with Gasteiger partial charge in [-0.3, -0.25) is 19.1 Å². The number of hydrogen-bond donors (Lipinski definition) is 0. The number of ether oxygens (including phenoxy) is 5. The molecule has 2 aliphatic heterocycles. The molecule has 2 saturated heterocycles. The van der Waals surface area contributed by atoms with Gasteiger partial charge < -0.3 is 23.7 Å². The van der Waals surface area contributed by atoms with Crippen molar-refractivity contribution in [2.45, 2.75) is 44.9 Å². The van der Waals surface area contributed by atoms with Gasteiger partial charge in [-0.2, -0.15) is 0 Å². The zero-order valence-corrected chi connectivity index (χ0v) is 18.5. The lowest BCUT2D eigenvalue weighted by molar-refractivity contribution is -0.220. The first-order valence-electron chi connectivity index (χ1n) is 10.4. The number of carbonyl (C=O) groups is 3. The fraction of sp³-hybridized carbons (Fsp3) is 0.429. The molecule has 2 aromatic heterocycles. The van der Waals surface area contributed by atoms with Crippen molar-refractivity contribution in [3.8, 4) is 0 Å². The number of hydrogen-bond acceptors (Lipinski definition) is 11. The third-order valence-electron chi connectivity index (χ3n) is 5.25. The van der Waals surface area contributed by atoms with Crippen molar-refractivity contribution >= 4 is 18.1 Å². The van der Waals surface area contributed by atoms with Crippen LogP contribution in [-0.4, -0.2) is 56.9 Å². The normalized spacial score (nSPS) is 25.0. The first kappa shape index (κ1) is 24.1. The van der Waals surface area contributed by atoms with Crippen molar-refractivity contribution in [3.05, 3.63) is 63.2 Å². The quantitative estimate of drug-likeness (QED) is 0.392. The highest BCUT2D eigenvalue weighted by Gasteiger charge is 2.65. The standard InChI is InChI=1S/C21H20FN3O10/c1-11(2)17(27)31-9-21(22)15-14(33-20(30)34-15)16(35-21)24-7-5-13(26)25(19(24)29)10-32-18(28)12-4-3-6-23-8-12/h3-8,11,14-16H,9-10H2,1-2H3/t14-,15+,16-,21-/m1/s1. The van der Waals surface area contributed by atoms with Crippen LogP contribution in [0.25, 0.3) is 0 Å². The molecular formula is C21H20FN3O10. The molecule has 4 heterocycles. The van der Waals surface area contributed by atoms with Gasteiger partial charge in [-0.15, -0.1) is 0 Å². The Kier molecular flexibility index (Phi) is 6.39. The van der Waals surface area contributed by atoms with Crippen molar-refractivity contribution < 1.29 is 42.5 Å². The molecule has 2 fully saturated rings. The Morgan fingerprint density at radius 3 is 2.66 bits per heavy atom. The first-order valence-corrected chi connectivity index (χ1v) is 10.4. The summed E-state index contributed by atoms with van der Waals surface area (Å²) in [7, 11) is 0. The Morgan fingerprint density at radius 1 is 1.20 bits per heavy atom. The number of aromatic nitrogens is 3. The van der Waals surface area contributed by atoms with Gasteiger partial charge in [0.1, 0.15) is 0 Å². The van der Waals surface area contributed by atoms with Gasteiger partial charge in [0.15, 0.2) is 25.7 Å². The van der Waals surface area contributed by atoms with E-state index in [1.54, 1.807) is 0 Å². The number of nitrogens with zero attached hydrogens (tertiary/aromatic N) is 3. The molecule has 186 valence electrons. The topological polar surface area (TPSA) is 154 Å². The second-order valence-corrected chi connectivity index (χ2v) is 8.00. The fourth-order valence-electron chi connectivity index (χ4n) is 3.45. The molecule has 13 nitrogen and oxygen atoms in total. The molecule has 2 aromatic rings. The van der Waals surface area contributed by atoms with Crippen molar-refractivity contribution in [1.29, 1.82) is 0 Å². The molecule has 0 bridgehead atoms. The van der Waals surface area contributed by atoms with Gasteiger partial charge in [0.05, 0.1) is 11.5 Å². The molecule has 0 aromatic carbocycles. The van der Waals surface area contributed by atoms with Gasteiger partial charge in [-0.05, 0) is 12.1 Å². The Bertz CT molecular complexity index is 1260. The molecule has 4 rings (SSSR count). The van der Waals surface area contributed by atoms with Crippen LogP contribution in [0.3, 0.4) is 0 Å². The summed E-state index contributed by atoms with van der Waals surface area (Å²) in [6, 6.07) is 3.88. The predicted octanol–water partition coefficient (Wildman–Crippen LogP) is 0.517. The summed E-state index contributed by atoms with van der Waals surface area (Å²) in [5, 5.41) is 0. The smallest absolute Gasteiger partial charge is 0.459 e. The predicted molar refractivity (Wildman–Crippen MR) is 110 cm³/mol. The van der Waals surface area contributed by atoms with Crippen molar-refractivity contribution in [3.63, 3.8) is 0 Å². The number of carbonyl (C=O) groups excluding carboxylic acids is 3. The highest BCUT2D eigenvalue weighted by atomic mass is 19.2. The molecule has 0 spiro atoms. The Morgan fingerprint density at radius 2 is 1.97 bits per heavy atom. The number of esters is 2. The van der Waals surface area contributed by atoms with Crippen LogP contribution in [0.2, 0.25) is 0 Å². The maximum Gasteiger partial charge on any atom is 0.509 e. The maximum absolute atomic E-state index is 15.6. The van der Waals surface area contributed by atoms with Gasteiger partial charge in [0, 0.05) is 24.7 Å². The molecule has 0 aliphatic carbocycles. The number of pyridine rings is 1. The average Bonchev–Trinajstić information content (AvgIpc) is 3.34. The van der Waals surface area contributed by atoms with E-state index < -0.39 is 72.9 Å². The Labute approximate surface area is 195 Å². The van der Waals surface area contributed by atoms with Crippen LogP contribution in [0.1, 0.15) is 30.4 Å². The second kappa shape index (κ2) is 9.29. The molecule has 0 N–H and O–H groups in total. The van der Waals surface area contributed by atoms with Gasteiger partial charge in [-0.25, -0.2) is 23.3 Å². The second-order valence-electron chi connectivity index (χ2n) is 8.00. The van der Waals surface area contributed by atoms with E-state index in [4.69, 9.17) is 23.7 Å². The van der Waals surface area contributed by atoms with Crippen molar-refractivity contribution in [1.82, 2.24) is 14.1 Å². The van der Waals surface area contributed by atoms with Crippen LogP contribution in [-0.2, 0) is 35.2 Å². The van der Waals surface area contributed by atoms with Crippen molar-refractivity contribution in [2.75, 3.05) is 6.61 Å². The van der Waals surface area contributed by atoms with Crippen LogP contribution in [0.4, 0.5) is 9.18 Å². The minimum atomic E-state index is -2.83. The number of alkyl halides is 1. The van der Waals surface area contributed by atoms with Gasteiger partial charge in [0.25, 0.3) is 11.4 Å². The fourth-order valence-corrected chi connectivity index (χ4v) is 3.45. The summed E-state index contributed by atoms with van der Waals surface area (Å²) in [6.07, 6.45) is -2.20.